The first-order chi connectivity index (χ1) is 9.08. The number of methoxy groups -OCH3 is 1. The van der Waals surface area contributed by atoms with E-state index in [0.29, 0.717) is 13.2 Å². The van der Waals surface area contributed by atoms with Crippen molar-refractivity contribution in [2.45, 2.75) is 26.1 Å². The number of amides is 2. The van der Waals surface area contributed by atoms with E-state index in [-0.39, 0.29) is 18.7 Å². The Hall–Kier alpha value is -1.59. The van der Waals surface area contributed by atoms with Crippen LogP contribution in [0.25, 0.3) is 0 Å². The van der Waals surface area contributed by atoms with Crippen LogP contribution in [0.1, 0.15) is 18.1 Å². The van der Waals surface area contributed by atoms with Crippen LogP contribution in [0.5, 0.6) is 0 Å². The van der Waals surface area contributed by atoms with Gasteiger partial charge >= 0.3 is 6.03 Å². The molecule has 2 amide bonds. The monoisotopic (exact) mass is 266 g/mol. The fourth-order valence-electron chi connectivity index (χ4n) is 1.55. The van der Waals surface area contributed by atoms with Crippen molar-refractivity contribution in [2.24, 2.45) is 0 Å². The van der Waals surface area contributed by atoms with Crippen molar-refractivity contribution >= 4 is 6.03 Å². The van der Waals surface area contributed by atoms with Gasteiger partial charge in [0, 0.05) is 20.7 Å². The second-order valence-corrected chi connectivity index (χ2v) is 4.55. The molecule has 0 fully saturated rings. The third-order valence-corrected chi connectivity index (χ3v) is 3.02. The molecule has 19 heavy (non-hydrogen) atoms. The number of rotatable bonds is 6. The molecule has 0 saturated heterocycles. The number of carbonyl (C=O) groups excluding carboxylic acids is 1. The van der Waals surface area contributed by atoms with Crippen LogP contribution < -0.4 is 5.32 Å². The van der Waals surface area contributed by atoms with E-state index < -0.39 is 0 Å². The summed E-state index contributed by atoms with van der Waals surface area (Å²) in [6.07, 6.45) is 0. The number of ether oxygens (including phenoxy) is 1. The number of nitrogens with zero attached hydrogens (tertiary/aromatic N) is 1. The Morgan fingerprint density at radius 1 is 1.37 bits per heavy atom. The second kappa shape index (κ2) is 7.76. The molecule has 0 radical (unpaired) electrons. The minimum atomic E-state index is -0.192. The Morgan fingerprint density at radius 2 is 1.95 bits per heavy atom. The smallest absolute Gasteiger partial charge is 0.317 e. The third-order valence-electron chi connectivity index (χ3n) is 3.02. The van der Waals surface area contributed by atoms with E-state index in [2.05, 4.69) is 5.32 Å². The van der Waals surface area contributed by atoms with Crippen molar-refractivity contribution in [2.75, 3.05) is 20.8 Å². The maximum Gasteiger partial charge on any atom is 0.317 e. The van der Waals surface area contributed by atoms with Crippen molar-refractivity contribution < 1.29 is 14.6 Å². The number of likely N-dealkylation sites (N-methyl/N-ethyl adjacent to an activating group) is 1. The highest BCUT2D eigenvalue weighted by Gasteiger charge is 2.13. The van der Waals surface area contributed by atoms with E-state index in [1.54, 1.807) is 21.1 Å². The Morgan fingerprint density at radius 3 is 2.47 bits per heavy atom. The zero-order valence-electron chi connectivity index (χ0n) is 11.7. The van der Waals surface area contributed by atoms with Gasteiger partial charge in [0.1, 0.15) is 0 Å². The predicted molar refractivity (Wildman–Crippen MR) is 73.7 cm³/mol. The van der Waals surface area contributed by atoms with Crippen molar-refractivity contribution in [3.05, 3.63) is 35.4 Å². The molecule has 1 unspecified atom stereocenters. The summed E-state index contributed by atoms with van der Waals surface area (Å²) in [4.78, 5) is 13.3. The average molecular weight is 266 g/mol. The number of nitrogens with one attached hydrogen (secondary N) is 1. The first-order valence-electron chi connectivity index (χ1n) is 6.26. The van der Waals surface area contributed by atoms with Crippen molar-refractivity contribution in [3.8, 4) is 0 Å². The fraction of sp³-hybridized carbons (Fsp3) is 0.500. The summed E-state index contributed by atoms with van der Waals surface area (Å²) in [5, 5.41) is 11.8. The lowest BCUT2D eigenvalue weighted by molar-refractivity contribution is 0.157. The highest BCUT2D eigenvalue weighted by molar-refractivity contribution is 5.74. The lowest BCUT2D eigenvalue weighted by atomic mass is 10.1. The SMILES string of the molecule is COCc1ccc(CNC(=O)N(C)C(C)CO)cc1. The molecule has 1 aromatic carbocycles. The minimum absolute atomic E-state index is 0.0460. The number of aliphatic hydroxyl groups excluding tert-OH is 1. The highest BCUT2D eigenvalue weighted by Crippen LogP contribution is 2.05. The van der Waals surface area contributed by atoms with E-state index in [4.69, 9.17) is 9.84 Å². The Bertz CT molecular complexity index is 392. The van der Waals surface area contributed by atoms with Gasteiger partial charge in [-0.3, -0.25) is 0 Å². The molecule has 2 N–H and O–H groups in total. The average Bonchev–Trinajstić information content (AvgIpc) is 2.44. The summed E-state index contributed by atoms with van der Waals surface area (Å²) in [6.45, 7) is 2.80. The topological polar surface area (TPSA) is 61.8 Å². The van der Waals surface area contributed by atoms with Gasteiger partial charge in [0.25, 0.3) is 0 Å². The number of hydrogen-bond acceptors (Lipinski definition) is 3. The molecule has 0 aliphatic rings. The lowest BCUT2D eigenvalue weighted by Crippen LogP contribution is -2.43. The van der Waals surface area contributed by atoms with Crippen LogP contribution in [0.15, 0.2) is 24.3 Å². The van der Waals surface area contributed by atoms with Gasteiger partial charge in [-0.05, 0) is 18.1 Å². The van der Waals surface area contributed by atoms with Crippen molar-refractivity contribution in [1.82, 2.24) is 10.2 Å². The minimum Gasteiger partial charge on any atom is -0.394 e. The van der Waals surface area contributed by atoms with Crippen molar-refractivity contribution in [1.29, 1.82) is 0 Å². The van der Waals surface area contributed by atoms with Crippen LogP contribution in [0.4, 0.5) is 4.79 Å². The van der Waals surface area contributed by atoms with Gasteiger partial charge in [0.2, 0.25) is 0 Å². The normalized spacial score (nSPS) is 12.0. The standard InChI is InChI=1S/C14H22N2O3/c1-11(9-17)16(2)14(18)15-8-12-4-6-13(7-5-12)10-19-3/h4-7,11,17H,8-10H2,1-3H3,(H,15,18). The quantitative estimate of drug-likeness (QED) is 0.817. The number of hydrogen-bond donors (Lipinski definition) is 2. The van der Waals surface area contributed by atoms with E-state index in [0.717, 1.165) is 11.1 Å². The predicted octanol–water partition coefficient (Wildman–Crippen LogP) is 1.36. The van der Waals surface area contributed by atoms with Crippen LogP contribution in [0.3, 0.4) is 0 Å². The molecule has 0 heterocycles. The zero-order valence-corrected chi connectivity index (χ0v) is 11.7. The summed E-state index contributed by atoms with van der Waals surface area (Å²) in [5.74, 6) is 0. The summed E-state index contributed by atoms with van der Waals surface area (Å²) >= 11 is 0. The van der Waals surface area contributed by atoms with Gasteiger partial charge in [0.15, 0.2) is 0 Å². The molecule has 106 valence electrons. The van der Waals surface area contributed by atoms with Crippen LogP contribution >= 0.6 is 0 Å². The number of urea groups is 1. The summed E-state index contributed by atoms with van der Waals surface area (Å²) in [6, 6.07) is 7.50. The Labute approximate surface area is 114 Å². The van der Waals surface area contributed by atoms with E-state index in [1.807, 2.05) is 24.3 Å². The summed E-state index contributed by atoms with van der Waals surface area (Å²) in [5.41, 5.74) is 2.13. The van der Waals surface area contributed by atoms with Crippen molar-refractivity contribution in [3.63, 3.8) is 0 Å². The van der Waals surface area contributed by atoms with Crippen LogP contribution in [0, 0.1) is 0 Å². The number of benzene rings is 1. The van der Waals surface area contributed by atoms with Gasteiger partial charge in [-0.15, -0.1) is 0 Å². The molecule has 0 bridgehead atoms. The molecular formula is C14H22N2O3. The zero-order chi connectivity index (χ0) is 14.3. The molecule has 0 saturated carbocycles. The van der Waals surface area contributed by atoms with E-state index in [9.17, 15) is 4.79 Å². The fourth-order valence-corrected chi connectivity index (χ4v) is 1.55. The largest absolute Gasteiger partial charge is 0.394 e. The third kappa shape index (κ3) is 4.89. The number of carbonyl (C=O) groups is 1. The summed E-state index contributed by atoms with van der Waals surface area (Å²) in [7, 11) is 3.32. The molecule has 5 heteroatoms. The van der Waals surface area contributed by atoms with Gasteiger partial charge in [-0.2, -0.15) is 0 Å². The molecule has 0 spiro atoms. The van der Waals surface area contributed by atoms with E-state index in [1.165, 1.54) is 4.90 Å². The van der Waals surface area contributed by atoms with Crippen LogP contribution in [-0.4, -0.2) is 42.8 Å². The van der Waals surface area contributed by atoms with Gasteiger partial charge in [-0.1, -0.05) is 24.3 Å². The maximum absolute atomic E-state index is 11.8. The molecule has 1 aromatic rings. The molecule has 5 nitrogen and oxygen atoms in total. The Kier molecular flexibility index (Phi) is 6.32. The first-order valence-corrected chi connectivity index (χ1v) is 6.26. The van der Waals surface area contributed by atoms with Gasteiger partial charge in [-0.25, -0.2) is 4.79 Å². The molecule has 1 rings (SSSR count). The maximum atomic E-state index is 11.8. The first kappa shape index (κ1) is 15.5. The molecule has 0 aliphatic heterocycles. The lowest BCUT2D eigenvalue weighted by Gasteiger charge is -2.23. The highest BCUT2D eigenvalue weighted by atomic mass is 16.5. The van der Waals surface area contributed by atoms with E-state index >= 15 is 0 Å². The molecule has 0 aliphatic carbocycles. The second-order valence-electron chi connectivity index (χ2n) is 4.55. The van der Waals surface area contributed by atoms with Crippen LogP contribution in [0.2, 0.25) is 0 Å². The molecular weight excluding hydrogens is 244 g/mol. The number of aliphatic hydroxyl groups is 1. The molecule has 0 aromatic heterocycles. The Balaban J connectivity index is 2.45. The van der Waals surface area contributed by atoms with Gasteiger partial charge in [0.05, 0.1) is 19.3 Å². The van der Waals surface area contributed by atoms with Crippen LogP contribution in [-0.2, 0) is 17.9 Å². The van der Waals surface area contributed by atoms with Gasteiger partial charge < -0.3 is 20.1 Å². The molecule has 1 atom stereocenters. The summed E-state index contributed by atoms with van der Waals surface area (Å²) < 4.78 is 5.04.